The van der Waals surface area contributed by atoms with Crippen LogP contribution in [0.2, 0.25) is 0 Å². The molecule has 1 aliphatic carbocycles. The molecule has 0 amide bonds. The van der Waals surface area contributed by atoms with Crippen LogP contribution < -0.4 is 4.72 Å². The van der Waals surface area contributed by atoms with Gasteiger partial charge in [-0.1, -0.05) is 6.92 Å². The van der Waals surface area contributed by atoms with Crippen molar-refractivity contribution < 1.29 is 13.2 Å². The van der Waals surface area contributed by atoms with E-state index in [-0.39, 0.29) is 5.78 Å². The highest BCUT2D eigenvalue weighted by molar-refractivity contribution is 7.89. The Kier molecular flexibility index (Phi) is 5.16. The second-order valence-corrected chi connectivity index (χ2v) is 10.0. The molecule has 0 aliphatic heterocycles. The molecular formula is C21H24N2O3S2. The molecule has 28 heavy (non-hydrogen) atoms. The lowest BCUT2D eigenvalue weighted by atomic mass is 9.94. The number of aryl methyl sites for hydroxylation is 3. The van der Waals surface area contributed by atoms with Crippen molar-refractivity contribution >= 4 is 38.0 Å². The molecule has 5 nitrogen and oxygen atoms in total. The highest BCUT2D eigenvalue weighted by Gasteiger charge is 2.25. The molecule has 3 aromatic rings. The van der Waals surface area contributed by atoms with Gasteiger partial charge in [0.15, 0.2) is 5.78 Å². The normalized spacial score (nSPS) is 14.6. The van der Waals surface area contributed by atoms with E-state index >= 15 is 0 Å². The summed E-state index contributed by atoms with van der Waals surface area (Å²) in [5.74, 6) is 0.148. The predicted molar refractivity (Wildman–Crippen MR) is 113 cm³/mol. The van der Waals surface area contributed by atoms with Gasteiger partial charge >= 0.3 is 0 Å². The van der Waals surface area contributed by atoms with Gasteiger partial charge in [0.05, 0.1) is 4.90 Å². The summed E-state index contributed by atoms with van der Waals surface area (Å²) in [6, 6.07) is 5.62. The number of thiophene rings is 1. The van der Waals surface area contributed by atoms with Gasteiger partial charge < -0.3 is 4.98 Å². The molecule has 1 aliphatic rings. The first-order chi connectivity index (χ1) is 13.4. The number of ketones is 1. The standard InChI is InChI=1S/C21H24N2O3S2/c1-3-14-11-15-17(23-16-5-4-6-18(24)21(15)16)12-20(14)28(25,26)22-9-7-19-13(2)8-10-27-19/h8,10-12,22-23H,3-7,9H2,1-2H3. The maximum atomic E-state index is 13.0. The smallest absolute Gasteiger partial charge is 0.240 e. The Morgan fingerprint density at radius 2 is 2.07 bits per heavy atom. The summed E-state index contributed by atoms with van der Waals surface area (Å²) in [6.07, 6.45) is 3.50. The number of H-pyrrole nitrogens is 1. The summed E-state index contributed by atoms with van der Waals surface area (Å²) >= 11 is 1.65. The van der Waals surface area contributed by atoms with Crippen LogP contribution in [0.1, 0.15) is 51.8 Å². The van der Waals surface area contributed by atoms with Crippen molar-refractivity contribution in [3.63, 3.8) is 0 Å². The third-order valence-corrected chi connectivity index (χ3v) is 8.08. The summed E-state index contributed by atoms with van der Waals surface area (Å²) < 4.78 is 28.7. The van der Waals surface area contributed by atoms with E-state index in [1.54, 1.807) is 17.4 Å². The number of rotatable bonds is 6. The zero-order chi connectivity index (χ0) is 19.9. The van der Waals surface area contributed by atoms with Crippen LogP contribution in [0.15, 0.2) is 28.5 Å². The highest BCUT2D eigenvalue weighted by atomic mass is 32.2. The number of carbonyl (C=O) groups excluding carboxylic acids is 1. The highest BCUT2D eigenvalue weighted by Crippen LogP contribution is 2.32. The van der Waals surface area contributed by atoms with Crippen LogP contribution in [0.3, 0.4) is 0 Å². The van der Waals surface area contributed by atoms with E-state index in [1.165, 1.54) is 10.4 Å². The van der Waals surface area contributed by atoms with E-state index in [4.69, 9.17) is 0 Å². The quantitative estimate of drug-likeness (QED) is 0.634. The van der Waals surface area contributed by atoms with Crippen LogP contribution in [-0.2, 0) is 29.3 Å². The number of nitrogens with one attached hydrogen (secondary N) is 2. The molecule has 4 rings (SSSR count). The Morgan fingerprint density at radius 3 is 2.79 bits per heavy atom. The number of benzene rings is 1. The Labute approximate surface area is 169 Å². The zero-order valence-electron chi connectivity index (χ0n) is 16.1. The number of Topliss-reactive ketones (excluding diaryl/α,β-unsaturated/α-hetero) is 1. The molecule has 2 heterocycles. The van der Waals surface area contributed by atoms with Crippen molar-refractivity contribution in [2.45, 2.75) is 50.8 Å². The summed E-state index contributed by atoms with van der Waals surface area (Å²) in [6.45, 7) is 4.35. The van der Waals surface area contributed by atoms with Crippen LogP contribution in [0.25, 0.3) is 10.9 Å². The van der Waals surface area contributed by atoms with Crippen LogP contribution in [0.4, 0.5) is 0 Å². The van der Waals surface area contributed by atoms with E-state index in [9.17, 15) is 13.2 Å². The van der Waals surface area contributed by atoms with Gasteiger partial charge in [-0.25, -0.2) is 13.1 Å². The van der Waals surface area contributed by atoms with Gasteiger partial charge in [0.2, 0.25) is 10.0 Å². The first kappa shape index (κ1) is 19.4. The van der Waals surface area contributed by atoms with Crippen LogP contribution in [-0.4, -0.2) is 25.7 Å². The lowest BCUT2D eigenvalue weighted by molar-refractivity contribution is 0.0974. The Bertz CT molecular complexity index is 1160. The minimum absolute atomic E-state index is 0.148. The van der Waals surface area contributed by atoms with Crippen LogP contribution in [0.5, 0.6) is 0 Å². The number of aromatic amines is 1. The molecule has 0 unspecified atom stereocenters. The Hall–Kier alpha value is -1.96. The SMILES string of the molecule is CCc1cc2c3c([nH]c2cc1S(=O)(=O)NCCc1sccc1C)CCCC3=O. The van der Waals surface area contributed by atoms with E-state index < -0.39 is 10.0 Å². The van der Waals surface area contributed by atoms with Gasteiger partial charge in [-0.05, 0) is 67.3 Å². The first-order valence-electron chi connectivity index (χ1n) is 9.64. The van der Waals surface area contributed by atoms with E-state index in [0.717, 1.165) is 40.6 Å². The molecule has 0 radical (unpaired) electrons. The Balaban J connectivity index is 1.67. The third kappa shape index (κ3) is 3.43. The molecular weight excluding hydrogens is 392 g/mol. The molecule has 1 aromatic carbocycles. The minimum Gasteiger partial charge on any atom is -0.358 e. The molecule has 0 saturated carbocycles. The average Bonchev–Trinajstić information content (AvgIpc) is 3.24. The third-order valence-electron chi connectivity index (χ3n) is 5.45. The Morgan fingerprint density at radius 1 is 1.25 bits per heavy atom. The lowest BCUT2D eigenvalue weighted by Gasteiger charge is -2.12. The number of fused-ring (bicyclic) bond motifs is 3. The lowest BCUT2D eigenvalue weighted by Crippen LogP contribution is -2.27. The van der Waals surface area contributed by atoms with Gasteiger partial charge in [0, 0.05) is 40.0 Å². The number of carbonyl (C=O) groups is 1. The van der Waals surface area contributed by atoms with Gasteiger partial charge in [0.25, 0.3) is 0 Å². The molecule has 2 aromatic heterocycles. The predicted octanol–water partition coefficient (Wildman–Crippen LogP) is 4.14. The summed E-state index contributed by atoms with van der Waals surface area (Å²) in [5, 5.41) is 2.88. The second kappa shape index (κ2) is 7.46. The summed E-state index contributed by atoms with van der Waals surface area (Å²) in [7, 11) is -3.63. The largest absolute Gasteiger partial charge is 0.358 e. The molecule has 148 valence electrons. The fraction of sp³-hybridized carbons (Fsp3) is 0.381. The maximum absolute atomic E-state index is 13.0. The number of hydrogen-bond donors (Lipinski definition) is 2. The van der Waals surface area contributed by atoms with E-state index in [0.29, 0.717) is 30.7 Å². The minimum atomic E-state index is -3.63. The van der Waals surface area contributed by atoms with Gasteiger partial charge in [-0.2, -0.15) is 0 Å². The summed E-state index contributed by atoms with van der Waals surface area (Å²) in [5.41, 5.74) is 4.35. The number of hydrogen-bond acceptors (Lipinski definition) is 4. The molecule has 2 N–H and O–H groups in total. The first-order valence-corrected chi connectivity index (χ1v) is 12.0. The molecule has 0 saturated heterocycles. The second-order valence-electron chi connectivity index (χ2n) is 7.29. The van der Waals surface area contributed by atoms with Crippen molar-refractivity contribution in [3.8, 4) is 0 Å². The van der Waals surface area contributed by atoms with Crippen molar-refractivity contribution in [3.05, 3.63) is 50.8 Å². The van der Waals surface area contributed by atoms with Gasteiger partial charge in [-0.3, -0.25) is 4.79 Å². The topological polar surface area (TPSA) is 79.0 Å². The van der Waals surface area contributed by atoms with Gasteiger partial charge in [0.1, 0.15) is 0 Å². The van der Waals surface area contributed by atoms with Crippen molar-refractivity contribution in [1.82, 2.24) is 9.71 Å². The van der Waals surface area contributed by atoms with Crippen LogP contribution in [0, 0.1) is 6.92 Å². The average molecular weight is 417 g/mol. The van der Waals surface area contributed by atoms with E-state index in [2.05, 4.69) is 9.71 Å². The molecule has 0 spiro atoms. The summed E-state index contributed by atoms with van der Waals surface area (Å²) in [4.78, 5) is 17.2. The monoisotopic (exact) mass is 416 g/mol. The molecule has 0 atom stereocenters. The fourth-order valence-corrected chi connectivity index (χ4v) is 6.20. The van der Waals surface area contributed by atoms with Gasteiger partial charge in [-0.15, -0.1) is 11.3 Å². The van der Waals surface area contributed by atoms with E-state index in [1.807, 2.05) is 31.4 Å². The molecule has 0 fully saturated rings. The van der Waals surface area contributed by atoms with Crippen molar-refractivity contribution in [2.24, 2.45) is 0 Å². The van der Waals surface area contributed by atoms with Crippen molar-refractivity contribution in [1.29, 1.82) is 0 Å². The molecule has 0 bridgehead atoms. The molecule has 7 heteroatoms. The number of aromatic nitrogens is 1. The van der Waals surface area contributed by atoms with Crippen molar-refractivity contribution in [2.75, 3.05) is 6.54 Å². The zero-order valence-corrected chi connectivity index (χ0v) is 17.7. The fourth-order valence-electron chi connectivity index (χ4n) is 3.94. The van der Waals surface area contributed by atoms with Crippen LogP contribution >= 0.6 is 11.3 Å². The maximum Gasteiger partial charge on any atom is 0.240 e. The number of sulfonamides is 1.